The summed E-state index contributed by atoms with van der Waals surface area (Å²) in [7, 11) is 1.66. The lowest BCUT2D eigenvalue weighted by atomic mass is 10.1. The summed E-state index contributed by atoms with van der Waals surface area (Å²) in [5, 5.41) is 0. The maximum absolute atomic E-state index is 5.96. The van der Waals surface area contributed by atoms with Crippen molar-refractivity contribution in [3.8, 4) is 5.75 Å². The molecule has 0 bridgehead atoms. The van der Waals surface area contributed by atoms with E-state index < -0.39 is 0 Å². The smallest absolute Gasteiger partial charge is 0.184 e. The van der Waals surface area contributed by atoms with Crippen molar-refractivity contribution in [1.82, 2.24) is 0 Å². The summed E-state index contributed by atoms with van der Waals surface area (Å²) < 4.78 is 16.8. The van der Waals surface area contributed by atoms with Crippen LogP contribution in [0.15, 0.2) is 60.2 Å². The Balaban J connectivity index is 1.49. The summed E-state index contributed by atoms with van der Waals surface area (Å²) in [6, 6.07) is 7.83. The molecule has 1 aromatic carbocycles. The minimum Gasteiger partial charge on any atom is -0.497 e. The van der Waals surface area contributed by atoms with Crippen molar-refractivity contribution in [1.29, 1.82) is 0 Å². The van der Waals surface area contributed by atoms with Gasteiger partial charge in [-0.25, -0.2) is 0 Å². The van der Waals surface area contributed by atoms with Gasteiger partial charge in [0.25, 0.3) is 0 Å². The number of methoxy groups -OCH3 is 1. The molecule has 1 aliphatic heterocycles. The topological polar surface area (TPSA) is 27.7 Å². The van der Waals surface area contributed by atoms with E-state index in [0.717, 1.165) is 24.2 Å². The van der Waals surface area contributed by atoms with Crippen molar-refractivity contribution in [3.63, 3.8) is 0 Å². The summed E-state index contributed by atoms with van der Waals surface area (Å²) in [6.07, 6.45) is 12.5. The number of benzene rings is 1. The first-order chi connectivity index (χ1) is 10.3. The SMILES string of the molecule is COc1ccc(C2OCC(CCC=C3C=CC=C3)O2)cc1. The predicted octanol–water partition coefficient (Wildman–Crippen LogP) is 3.94. The monoisotopic (exact) mass is 284 g/mol. The molecule has 110 valence electrons. The normalized spacial score (nSPS) is 23.8. The summed E-state index contributed by atoms with van der Waals surface area (Å²) in [5.74, 6) is 0.845. The van der Waals surface area contributed by atoms with Crippen molar-refractivity contribution in [2.75, 3.05) is 13.7 Å². The van der Waals surface area contributed by atoms with Crippen molar-refractivity contribution < 1.29 is 14.2 Å². The number of hydrogen-bond donors (Lipinski definition) is 0. The highest BCUT2D eigenvalue weighted by Gasteiger charge is 2.26. The van der Waals surface area contributed by atoms with E-state index >= 15 is 0 Å². The summed E-state index contributed by atoms with van der Waals surface area (Å²) in [5.41, 5.74) is 2.32. The van der Waals surface area contributed by atoms with Gasteiger partial charge in [-0.3, -0.25) is 0 Å². The first-order valence-electron chi connectivity index (χ1n) is 7.31. The molecular formula is C18H20O3. The zero-order chi connectivity index (χ0) is 14.5. The van der Waals surface area contributed by atoms with Gasteiger partial charge in [-0.2, -0.15) is 0 Å². The van der Waals surface area contributed by atoms with Gasteiger partial charge in [-0.05, 0) is 30.5 Å². The highest BCUT2D eigenvalue weighted by molar-refractivity contribution is 5.39. The molecule has 1 aliphatic carbocycles. The first-order valence-corrected chi connectivity index (χ1v) is 7.31. The standard InChI is InChI=1S/C18H20O3/c1-19-16-11-9-15(10-12-16)18-20-13-17(21-18)8-4-7-14-5-2-3-6-14/h2-3,5-7,9-12,17-18H,4,8,13H2,1H3. The maximum Gasteiger partial charge on any atom is 0.184 e. The maximum atomic E-state index is 5.96. The molecule has 3 heteroatoms. The molecule has 0 radical (unpaired) electrons. The average Bonchev–Trinajstić information content (AvgIpc) is 3.19. The molecule has 1 fully saturated rings. The van der Waals surface area contributed by atoms with Crippen LogP contribution in [0.25, 0.3) is 0 Å². The van der Waals surface area contributed by atoms with Gasteiger partial charge in [0.15, 0.2) is 6.29 Å². The zero-order valence-corrected chi connectivity index (χ0v) is 12.2. The molecule has 1 aromatic rings. The Morgan fingerprint density at radius 2 is 1.95 bits per heavy atom. The van der Waals surface area contributed by atoms with Gasteiger partial charge >= 0.3 is 0 Å². The van der Waals surface area contributed by atoms with E-state index in [0.29, 0.717) is 6.61 Å². The van der Waals surface area contributed by atoms with Gasteiger partial charge in [0.05, 0.1) is 19.8 Å². The molecule has 21 heavy (non-hydrogen) atoms. The van der Waals surface area contributed by atoms with Crippen LogP contribution in [0.3, 0.4) is 0 Å². The third-order valence-corrected chi connectivity index (χ3v) is 3.69. The van der Waals surface area contributed by atoms with E-state index in [-0.39, 0.29) is 12.4 Å². The molecule has 0 aromatic heterocycles. The van der Waals surface area contributed by atoms with Crippen LogP contribution in [0.2, 0.25) is 0 Å². The fraction of sp³-hybridized carbons (Fsp3) is 0.333. The molecule has 0 saturated carbocycles. The second-order valence-electron chi connectivity index (χ2n) is 5.20. The fourth-order valence-corrected chi connectivity index (χ4v) is 2.50. The molecule has 2 aliphatic rings. The lowest BCUT2D eigenvalue weighted by Crippen LogP contribution is -2.08. The zero-order valence-electron chi connectivity index (χ0n) is 12.2. The van der Waals surface area contributed by atoms with Crippen LogP contribution in [0.4, 0.5) is 0 Å². The van der Waals surface area contributed by atoms with E-state index in [4.69, 9.17) is 14.2 Å². The highest BCUT2D eigenvalue weighted by Crippen LogP contribution is 2.29. The fourth-order valence-electron chi connectivity index (χ4n) is 2.50. The van der Waals surface area contributed by atoms with E-state index in [1.165, 1.54) is 5.57 Å². The quantitative estimate of drug-likeness (QED) is 0.819. The molecule has 1 heterocycles. The van der Waals surface area contributed by atoms with Crippen LogP contribution in [0.1, 0.15) is 24.7 Å². The largest absolute Gasteiger partial charge is 0.497 e. The van der Waals surface area contributed by atoms with E-state index in [9.17, 15) is 0 Å². The van der Waals surface area contributed by atoms with Gasteiger partial charge < -0.3 is 14.2 Å². The van der Waals surface area contributed by atoms with Crippen LogP contribution in [-0.2, 0) is 9.47 Å². The Labute approximate surface area is 125 Å². The molecule has 0 amide bonds. The van der Waals surface area contributed by atoms with Crippen LogP contribution in [0, 0.1) is 0 Å². The van der Waals surface area contributed by atoms with E-state index in [2.05, 4.69) is 30.4 Å². The Kier molecular flexibility index (Phi) is 4.53. The number of hydrogen-bond acceptors (Lipinski definition) is 3. The number of rotatable bonds is 5. The highest BCUT2D eigenvalue weighted by atomic mass is 16.7. The number of ether oxygens (including phenoxy) is 3. The Hall–Kier alpha value is -1.84. The second kappa shape index (κ2) is 6.74. The molecule has 2 atom stereocenters. The molecule has 1 saturated heterocycles. The molecule has 0 spiro atoms. The molecule has 3 nitrogen and oxygen atoms in total. The van der Waals surface area contributed by atoms with Gasteiger partial charge in [-0.15, -0.1) is 0 Å². The van der Waals surface area contributed by atoms with Gasteiger partial charge in [0.2, 0.25) is 0 Å². The third-order valence-electron chi connectivity index (χ3n) is 3.69. The predicted molar refractivity (Wildman–Crippen MR) is 82.2 cm³/mol. The van der Waals surface area contributed by atoms with Gasteiger partial charge in [0.1, 0.15) is 5.75 Å². The molecule has 3 rings (SSSR count). The van der Waals surface area contributed by atoms with Crippen LogP contribution in [-0.4, -0.2) is 19.8 Å². The third kappa shape index (κ3) is 3.63. The minimum absolute atomic E-state index is 0.170. The summed E-state index contributed by atoms with van der Waals surface area (Å²) >= 11 is 0. The lowest BCUT2D eigenvalue weighted by molar-refractivity contribution is -0.0609. The first kappa shape index (κ1) is 14.1. The second-order valence-corrected chi connectivity index (χ2v) is 5.20. The summed E-state index contributed by atoms with van der Waals surface area (Å²) in [6.45, 7) is 0.658. The average molecular weight is 284 g/mol. The van der Waals surface area contributed by atoms with Gasteiger partial charge in [-0.1, -0.05) is 42.5 Å². The van der Waals surface area contributed by atoms with Gasteiger partial charge in [0, 0.05) is 5.56 Å². The molecule has 2 unspecified atom stereocenters. The Morgan fingerprint density at radius 3 is 2.67 bits per heavy atom. The van der Waals surface area contributed by atoms with E-state index in [1.54, 1.807) is 7.11 Å². The minimum atomic E-state index is -0.250. The van der Waals surface area contributed by atoms with Crippen LogP contribution < -0.4 is 4.74 Å². The van der Waals surface area contributed by atoms with Crippen molar-refractivity contribution in [3.05, 3.63) is 65.8 Å². The van der Waals surface area contributed by atoms with E-state index in [1.807, 2.05) is 24.3 Å². The van der Waals surface area contributed by atoms with Crippen molar-refractivity contribution in [2.24, 2.45) is 0 Å². The molecular weight excluding hydrogens is 264 g/mol. The molecule has 0 N–H and O–H groups in total. The Morgan fingerprint density at radius 1 is 1.19 bits per heavy atom. The number of allylic oxidation sites excluding steroid dienone is 6. The van der Waals surface area contributed by atoms with Crippen LogP contribution >= 0.6 is 0 Å². The summed E-state index contributed by atoms with van der Waals surface area (Å²) in [4.78, 5) is 0. The Bertz CT molecular complexity index is 540. The lowest BCUT2D eigenvalue weighted by Gasteiger charge is -2.11. The van der Waals surface area contributed by atoms with Crippen LogP contribution in [0.5, 0.6) is 5.75 Å². The van der Waals surface area contributed by atoms with Crippen molar-refractivity contribution >= 4 is 0 Å². The van der Waals surface area contributed by atoms with Crippen molar-refractivity contribution in [2.45, 2.75) is 25.2 Å².